The molecule has 0 amide bonds. The van der Waals surface area contributed by atoms with Crippen molar-refractivity contribution < 1.29 is 4.74 Å². The van der Waals surface area contributed by atoms with Gasteiger partial charge in [0.1, 0.15) is 0 Å². The average Bonchev–Trinajstić information content (AvgIpc) is 3.85. The molecule has 0 bridgehead atoms. The molecule has 4 heterocycles. The van der Waals surface area contributed by atoms with E-state index in [1.54, 1.807) is 0 Å². The summed E-state index contributed by atoms with van der Waals surface area (Å²) in [6.07, 6.45) is 0. The molecule has 0 N–H and O–H groups in total. The molecule has 0 radical (unpaired) electrons. The molecule has 0 fully saturated rings. The number of benzene rings is 8. The van der Waals surface area contributed by atoms with Gasteiger partial charge in [0, 0.05) is 43.7 Å². The number of aromatic nitrogens is 3. The van der Waals surface area contributed by atoms with E-state index in [9.17, 15) is 0 Å². The number of hydrogen-bond acceptors (Lipinski definition) is 1. The third-order valence-corrected chi connectivity index (χ3v) is 11.0. The van der Waals surface area contributed by atoms with Gasteiger partial charge in [-0.3, -0.25) is 0 Å². The van der Waals surface area contributed by atoms with Gasteiger partial charge in [-0.25, -0.2) is 0 Å². The summed E-state index contributed by atoms with van der Waals surface area (Å²) in [5.74, 6) is 1.77. The molecule has 0 aliphatic carbocycles. The average molecular weight is 664 g/mol. The maximum Gasteiger partial charge on any atom is 0.152 e. The van der Waals surface area contributed by atoms with Crippen molar-refractivity contribution in [1.82, 2.24) is 13.7 Å². The Hall–Kier alpha value is -7.04. The molecular weight excluding hydrogens is 635 g/mol. The highest BCUT2D eigenvalue weighted by molar-refractivity contribution is 6.18. The van der Waals surface area contributed by atoms with Gasteiger partial charge in [-0.1, -0.05) is 103 Å². The van der Waals surface area contributed by atoms with E-state index in [0.29, 0.717) is 0 Å². The molecule has 52 heavy (non-hydrogen) atoms. The van der Waals surface area contributed by atoms with Gasteiger partial charge in [0.15, 0.2) is 11.5 Å². The fourth-order valence-electron chi connectivity index (χ4n) is 8.87. The third-order valence-electron chi connectivity index (χ3n) is 11.0. The minimum Gasteiger partial charge on any atom is -0.453 e. The summed E-state index contributed by atoms with van der Waals surface area (Å²) in [5.41, 5.74) is 12.9. The lowest BCUT2D eigenvalue weighted by molar-refractivity contribution is 0.476. The summed E-state index contributed by atoms with van der Waals surface area (Å²) in [7, 11) is 0. The van der Waals surface area contributed by atoms with Crippen molar-refractivity contribution in [1.29, 1.82) is 0 Å². The molecule has 0 saturated heterocycles. The highest BCUT2D eigenvalue weighted by atomic mass is 16.5. The summed E-state index contributed by atoms with van der Waals surface area (Å²) >= 11 is 0. The Balaban J connectivity index is 1.03. The van der Waals surface area contributed by atoms with Gasteiger partial charge in [-0.2, -0.15) is 0 Å². The van der Waals surface area contributed by atoms with Gasteiger partial charge >= 0.3 is 0 Å². The minimum atomic E-state index is 0.878. The molecule has 0 unspecified atom stereocenters. The number of fused-ring (bicyclic) bond motifs is 11. The first-order valence-corrected chi connectivity index (χ1v) is 17.8. The van der Waals surface area contributed by atoms with Crippen LogP contribution in [0.2, 0.25) is 0 Å². The zero-order valence-electron chi connectivity index (χ0n) is 28.0. The summed E-state index contributed by atoms with van der Waals surface area (Å²) in [5, 5.41) is 7.45. The lowest BCUT2D eigenvalue weighted by atomic mass is 9.99. The van der Waals surface area contributed by atoms with E-state index in [1.807, 2.05) is 12.1 Å². The molecule has 8 aromatic carbocycles. The molecule has 4 nitrogen and oxygen atoms in total. The van der Waals surface area contributed by atoms with Gasteiger partial charge in [-0.05, 0) is 83.9 Å². The molecule has 11 aromatic rings. The van der Waals surface area contributed by atoms with Crippen molar-refractivity contribution in [3.8, 4) is 39.7 Å². The number of nitrogens with zero attached hydrogens (tertiary/aromatic N) is 3. The Labute approximate surface area is 298 Å². The first-order valence-electron chi connectivity index (χ1n) is 17.8. The van der Waals surface area contributed by atoms with Crippen molar-refractivity contribution >= 4 is 65.4 Å². The smallest absolute Gasteiger partial charge is 0.152 e. The summed E-state index contributed by atoms with van der Waals surface area (Å²) in [6, 6.07) is 63.5. The molecule has 12 rings (SSSR count). The SMILES string of the molecule is c1ccc2c(c1)Oc1cccc3c4c(-c5ccc(-n6c7ccccc7c7cc(-n8c9ccccc9c9ccccc98)ccc76)cc5)cccc4n-2c13. The van der Waals surface area contributed by atoms with E-state index in [4.69, 9.17) is 4.74 Å². The first-order chi connectivity index (χ1) is 25.8. The van der Waals surface area contributed by atoms with Crippen molar-refractivity contribution in [2.75, 3.05) is 0 Å². The van der Waals surface area contributed by atoms with Crippen LogP contribution in [-0.4, -0.2) is 13.7 Å². The van der Waals surface area contributed by atoms with Crippen molar-refractivity contribution in [3.05, 3.63) is 176 Å². The van der Waals surface area contributed by atoms with E-state index in [1.165, 1.54) is 71.0 Å². The van der Waals surface area contributed by atoms with Crippen molar-refractivity contribution in [2.45, 2.75) is 0 Å². The number of hydrogen-bond donors (Lipinski definition) is 0. The van der Waals surface area contributed by atoms with Gasteiger partial charge < -0.3 is 18.4 Å². The summed E-state index contributed by atoms with van der Waals surface area (Å²) < 4.78 is 13.6. The molecule has 3 aromatic heterocycles. The van der Waals surface area contributed by atoms with E-state index >= 15 is 0 Å². The maximum atomic E-state index is 6.39. The molecule has 1 aliphatic heterocycles. The van der Waals surface area contributed by atoms with E-state index in [2.05, 4.69) is 177 Å². The highest BCUT2D eigenvalue weighted by Gasteiger charge is 2.25. The van der Waals surface area contributed by atoms with Crippen LogP contribution in [0.15, 0.2) is 176 Å². The first kappa shape index (κ1) is 27.7. The zero-order valence-corrected chi connectivity index (χ0v) is 28.0. The predicted molar refractivity (Wildman–Crippen MR) is 215 cm³/mol. The fraction of sp³-hybridized carbons (Fsp3) is 0. The highest BCUT2D eigenvalue weighted by Crippen LogP contribution is 2.47. The lowest BCUT2D eigenvalue weighted by Crippen LogP contribution is -2.03. The molecular formula is C48H29N3O. The normalized spacial score (nSPS) is 12.4. The largest absolute Gasteiger partial charge is 0.453 e. The fourth-order valence-corrected chi connectivity index (χ4v) is 8.87. The van der Waals surface area contributed by atoms with Crippen LogP contribution in [0.3, 0.4) is 0 Å². The number of rotatable bonds is 3. The van der Waals surface area contributed by atoms with Crippen LogP contribution < -0.4 is 4.74 Å². The molecule has 1 aliphatic rings. The second kappa shape index (κ2) is 10.3. The molecule has 242 valence electrons. The number of ether oxygens (including phenoxy) is 1. The van der Waals surface area contributed by atoms with Crippen LogP contribution in [0.1, 0.15) is 0 Å². The second-order valence-electron chi connectivity index (χ2n) is 13.7. The Bertz CT molecular complexity index is 3210. The standard InChI is InChI=1S/C48H29N3O/c1-4-16-39-34(11-1)35-12-2-5-17-40(35)50(39)32-27-28-42-38(29-32)36-13-3-6-18-41(36)49(42)31-25-23-30(24-26-31)33-14-9-20-44-47(33)37-15-10-22-46-48(37)51(44)43-19-7-8-21-45(43)52-46/h1-29H. The Morgan fingerprint density at radius 2 is 0.885 bits per heavy atom. The Morgan fingerprint density at radius 1 is 0.346 bits per heavy atom. The number of para-hydroxylation sites is 6. The quantitative estimate of drug-likeness (QED) is 0.185. The molecule has 0 spiro atoms. The molecule has 0 saturated carbocycles. The van der Waals surface area contributed by atoms with E-state index in [-0.39, 0.29) is 0 Å². The van der Waals surface area contributed by atoms with Crippen LogP contribution in [-0.2, 0) is 0 Å². The van der Waals surface area contributed by atoms with Gasteiger partial charge in [0.05, 0.1) is 38.8 Å². The van der Waals surface area contributed by atoms with Crippen LogP contribution in [0.5, 0.6) is 11.5 Å². The minimum absolute atomic E-state index is 0.878. The van der Waals surface area contributed by atoms with Gasteiger partial charge in [-0.15, -0.1) is 0 Å². The Morgan fingerprint density at radius 3 is 1.63 bits per heavy atom. The van der Waals surface area contributed by atoms with Crippen molar-refractivity contribution in [3.63, 3.8) is 0 Å². The van der Waals surface area contributed by atoms with Gasteiger partial charge in [0.25, 0.3) is 0 Å². The van der Waals surface area contributed by atoms with Crippen LogP contribution in [0, 0.1) is 0 Å². The maximum absolute atomic E-state index is 6.39. The van der Waals surface area contributed by atoms with Crippen LogP contribution in [0.25, 0.3) is 93.6 Å². The zero-order chi connectivity index (χ0) is 33.9. The topological polar surface area (TPSA) is 24.0 Å². The van der Waals surface area contributed by atoms with Crippen LogP contribution in [0.4, 0.5) is 0 Å². The summed E-state index contributed by atoms with van der Waals surface area (Å²) in [6.45, 7) is 0. The monoisotopic (exact) mass is 663 g/mol. The summed E-state index contributed by atoms with van der Waals surface area (Å²) in [4.78, 5) is 0. The third kappa shape index (κ3) is 3.65. The van der Waals surface area contributed by atoms with E-state index in [0.717, 1.165) is 34.1 Å². The predicted octanol–water partition coefficient (Wildman–Crippen LogP) is 12.8. The van der Waals surface area contributed by atoms with Crippen LogP contribution >= 0.6 is 0 Å². The molecule has 0 atom stereocenters. The van der Waals surface area contributed by atoms with Gasteiger partial charge in [0.2, 0.25) is 0 Å². The second-order valence-corrected chi connectivity index (χ2v) is 13.7. The Kier molecular flexibility index (Phi) is 5.47. The lowest BCUT2D eigenvalue weighted by Gasteiger charge is -2.20. The van der Waals surface area contributed by atoms with E-state index < -0.39 is 0 Å². The van der Waals surface area contributed by atoms with Crippen molar-refractivity contribution in [2.24, 2.45) is 0 Å². The molecule has 4 heteroatoms.